The number of carbonyl (C=O) groups is 1. The molecule has 1 amide bonds. The number of ether oxygens (including phenoxy) is 2. The Morgan fingerprint density at radius 1 is 1.02 bits per heavy atom. The minimum atomic E-state index is -3.75. The summed E-state index contributed by atoms with van der Waals surface area (Å²) in [7, 11) is -3.75. The van der Waals surface area contributed by atoms with Crippen LogP contribution in [0.15, 0.2) is 54.9 Å². The first-order valence-corrected chi connectivity index (χ1v) is 18.1. The molecule has 2 aliphatic rings. The van der Waals surface area contributed by atoms with Crippen LogP contribution in [0.1, 0.15) is 58.4 Å². The highest BCUT2D eigenvalue weighted by Crippen LogP contribution is 2.43. The van der Waals surface area contributed by atoms with Crippen molar-refractivity contribution in [1.82, 2.24) is 19.9 Å². The van der Waals surface area contributed by atoms with Gasteiger partial charge in [-0.05, 0) is 95.7 Å². The molecule has 0 spiro atoms. The molecule has 1 aliphatic heterocycles. The number of fused-ring (bicyclic) bond motifs is 1. The number of amides is 1. The second kappa shape index (κ2) is 13.2. The molecule has 0 radical (unpaired) electrons. The number of benzene rings is 2. The second-order valence-corrected chi connectivity index (χ2v) is 15.3. The molecule has 1 saturated carbocycles. The molecule has 6 rings (SSSR count). The van der Waals surface area contributed by atoms with Gasteiger partial charge in [0.2, 0.25) is 21.9 Å². The number of halogens is 1. The molecular formula is C35H41FN6O5S. The number of nitrogens with one attached hydrogen (secondary N) is 1. The lowest BCUT2D eigenvalue weighted by atomic mass is 9.92. The zero-order valence-electron chi connectivity index (χ0n) is 27.9. The second-order valence-electron chi connectivity index (χ2n) is 13.5. The fraction of sp³-hybridized carbons (Fsp3) is 0.429. The van der Waals surface area contributed by atoms with Gasteiger partial charge in [0.25, 0.3) is 0 Å². The molecule has 48 heavy (non-hydrogen) atoms. The van der Waals surface area contributed by atoms with E-state index in [1.54, 1.807) is 47.6 Å². The summed E-state index contributed by atoms with van der Waals surface area (Å²) in [6.45, 7) is 8.51. The monoisotopic (exact) mass is 676 g/mol. The van der Waals surface area contributed by atoms with E-state index in [9.17, 15) is 13.2 Å². The van der Waals surface area contributed by atoms with Crippen LogP contribution in [0.2, 0.25) is 0 Å². The van der Waals surface area contributed by atoms with Crippen LogP contribution >= 0.6 is 0 Å². The fourth-order valence-corrected chi connectivity index (χ4v) is 7.43. The van der Waals surface area contributed by atoms with Crippen molar-refractivity contribution in [3.05, 3.63) is 66.2 Å². The molecule has 13 heteroatoms. The molecule has 1 N–H and O–H groups in total. The van der Waals surface area contributed by atoms with Gasteiger partial charge >= 0.3 is 6.09 Å². The van der Waals surface area contributed by atoms with E-state index in [1.165, 1.54) is 10.4 Å². The maximum Gasteiger partial charge on any atom is 0.410 e. The smallest absolute Gasteiger partial charge is 0.410 e. The van der Waals surface area contributed by atoms with Gasteiger partial charge in [-0.25, -0.2) is 32.6 Å². The highest BCUT2D eigenvalue weighted by atomic mass is 32.2. The number of nitrogens with zero attached hydrogens (tertiary/aromatic N) is 5. The van der Waals surface area contributed by atoms with Gasteiger partial charge in [-0.2, -0.15) is 0 Å². The van der Waals surface area contributed by atoms with Gasteiger partial charge in [0.1, 0.15) is 17.2 Å². The molecule has 0 bridgehead atoms. The van der Waals surface area contributed by atoms with Gasteiger partial charge in [0, 0.05) is 48.3 Å². The number of sulfonamides is 1. The number of carbonyl (C=O) groups excluding carboxylic acids is 1. The average molecular weight is 677 g/mol. The van der Waals surface area contributed by atoms with Crippen LogP contribution in [0.4, 0.5) is 20.8 Å². The Labute approximate surface area is 280 Å². The van der Waals surface area contributed by atoms with Crippen molar-refractivity contribution < 1.29 is 27.1 Å². The number of likely N-dealkylation sites (tertiary alicyclic amines) is 1. The molecule has 2 aromatic heterocycles. The normalized spacial score (nSPS) is 17.1. The first-order valence-electron chi connectivity index (χ1n) is 16.2. The molecule has 3 heterocycles. The summed E-state index contributed by atoms with van der Waals surface area (Å²) < 4.78 is 54.7. The minimum Gasteiger partial charge on any atom is -0.444 e. The van der Waals surface area contributed by atoms with Crippen LogP contribution in [0.3, 0.4) is 0 Å². The summed E-state index contributed by atoms with van der Waals surface area (Å²) in [6.07, 6.45) is 7.93. The minimum absolute atomic E-state index is 0.0326. The predicted octanol–water partition coefficient (Wildman–Crippen LogP) is 7.06. The molecule has 2 aromatic carbocycles. The summed E-state index contributed by atoms with van der Waals surface area (Å²) >= 11 is 0. The highest BCUT2D eigenvalue weighted by Gasteiger charge is 2.35. The third-order valence-electron chi connectivity index (χ3n) is 8.56. The van der Waals surface area contributed by atoms with Crippen LogP contribution in [-0.4, -0.2) is 71.4 Å². The molecule has 254 valence electrons. The van der Waals surface area contributed by atoms with Gasteiger partial charge in [-0.3, -0.25) is 4.31 Å². The van der Waals surface area contributed by atoms with Crippen molar-refractivity contribution in [1.29, 1.82) is 0 Å². The van der Waals surface area contributed by atoms with E-state index in [1.807, 2.05) is 33.8 Å². The van der Waals surface area contributed by atoms with E-state index < -0.39 is 21.4 Å². The van der Waals surface area contributed by atoms with Crippen LogP contribution in [0.25, 0.3) is 22.0 Å². The Morgan fingerprint density at radius 2 is 1.79 bits per heavy atom. The van der Waals surface area contributed by atoms with Crippen molar-refractivity contribution in [2.24, 2.45) is 0 Å². The van der Waals surface area contributed by atoms with E-state index in [2.05, 4.69) is 15.3 Å². The topological polar surface area (TPSA) is 127 Å². The van der Waals surface area contributed by atoms with Crippen molar-refractivity contribution in [2.45, 2.75) is 77.5 Å². The van der Waals surface area contributed by atoms with Gasteiger partial charge in [0.05, 0.1) is 23.2 Å². The maximum absolute atomic E-state index is 15.5. The summed E-state index contributed by atoms with van der Waals surface area (Å²) in [5.41, 5.74) is 1.39. The van der Waals surface area contributed by atoms with Crippen LogP contribution in [0.5, 0.6) is 11.6 Å². The third kappa shape index (κ3) is 7.15. The van der Waals surface area contributed by atoms with E-state index in [0.29, 0.717) is 59.7 Å². The number of aromatic nitrogens is 3. The summed E-state index contributed by atoms with van der Waals surface area (Å²) in [5.74, 6) is 0.502. The standard InChI is InChI=1S/C35H41FN6O5S/c1-22-13-14-25-26(15-16-28(36)30(25)42(48(5,44)45)24-10-6-11-24)31(22)46-32-27(12-7-18-37-32)29-17-19-38-33(40-29)39-23-9-8-20-41(21-23)34(43)47-35(2,3)4/h7,12-19,23-24H,6,8-11,20-21H2,1-5H3,(H,38,39,40). The maximum atomic E-state index is 15.5. The Balaban J connectivity index is 1.29. The van der Waals surface area contributed by atoms with Gasteiger partial charge in [0.15, 0.2) is 0 Å². The number of piperidine rings is 1. The number of hydrogen-bond acceptors (Lipinski definition) is 9. The SMILES string of the molecule is Cc1ccc2c(N(C3CCC3)S(C)(=O)=O)c(F)ccc2c1Oc1ncccc1-c1ccnc(NC2CCCN(C(=O)OC(C)(C)C)C2)n1. The van der Waals surface area contributed by atoms with Crippen LogP contribution in [-0.2, 0) is 14.8 Å². The highest BCUT2D eigenvalue weighted by molar-refractivity contribution is 7.92. The Bertz CT molecular complexity index is 1950. The van der Waals surface area contributed by atoms with Crippen LogP contribution < -0.4 is 14.4 Å². The van der Waals surface area contributed by atoms with Crippen LogP contribution in [0, 0.1) is 12.7 Å². The predicted molar refractivity (Wildman–Crippen MR) is 183 cm³/mol. The molecule has 1 saturated heterocycles. The molecule has 11 nitrogen and oxygen atoms in total. The molecule has 2 fully saturated rings. The number of rotatable bonds is 8. The lowest BCUT2D eigenvalue weighted by molar-refractivity contribution is 0.0206. The molecule has 4 aromatic rings. The van der Waals surface area contributed by atoms with E-state index in [4.69, 9.17) is 14.5 Å². The first kappa shape index (κ1) is 33.4. The number of pyridine rings is 1. The van der Waals surface area contributed by atoms with Crippen molar-refractivity contribution in [3.8, 4) is 22.9 Å². The molecular weight excluding hydrogens is 635 g/mol. The summed E-state index contributed by atoms with van der Waals surface area (Å²) in [6, 6.07) is 11.5. The molecule has 1 atom stereocenters. The van der Waals surface area contributed by atoms with Gasteiger partial charge in [-0.1, -0.05) is 12.1 Å². The molecule has 1 aliphatic carbocycles. The number of anilines is 2. The molecule has 1 unspecified atom stereocenters. The quantitative estimate of drug-likeness (QED) is 0.209. The Kier molecular flexibility index (Phi) is 9.16. The van der Waals surface area contributed by atoms with E-state index in [0.717, 1.165) is 31.1 Å². The summed E-state index contributed by atoms with van der Waals surface area (Å²) in [4.78, 5) is 28.1. The number of aryl methyl sites for hydroxylation is 1. The zero-order valence-corrected chi connectivity index (χ0v) is 28.7. The number of hydrogen-bond donors (Lipinski definition) is 1. The Hall–Kier alpha value is -4.52. The average Bonchev–Trinajstić information content (AvgIpc) is 3.00. The van der Waals surface area contributed by atoms with Crippen molar-refractivity contribution in [2.75, 3.05) is 29.0 Å². The first-order chi connectivity index (χ1) is 22.8. The van der Waals surface area contributed by atoms with Crippen molar-refractivity contribution >= 4 is 38.5 Å². The largest absolute Gasteiger partial charge is 0.444 e. The third-order valence-corrected chi connectivity index (χ3v) is 9.76. The van der Waals surface area contributed by atoms with E-state index in [-0.39, 0.29) is 29.7 Å². The Morgan fingerprint density at radius 3 is 2.50 bits per heavy atom. The lowest BCUT2D eigenvalue weighted by Gasteiger charge is -2.38. The van der Waals surface area contributed by atoms with E-state index >= 15 is 4.39 Å². The fourth-order valence-electron chi connectivity index (χ4n) is 6.16. The zero-order chi connectivity index (χ0) is 34.2. The summed E-state index contributed by atoms with van der Waals surface area (Å²) in [5, 5.41) is 4.37. The van der Waals surface area contributed by atoms with Gasteiger partial charge in [-0.15, -0.1) is 0 Å². The van der Waals surface area contributed by atoms with Gasteiger partial charge < -0.3 is 19.7 Å². The lowest BCUT2D eigenvalue weighted by Crippen LogP contribution is -2.47. The van der Waals surface area contributed by atoms with Crippen molar-refractivity contribution in [3.63, 3.8) is 0 Å².